The van der Waals surface area contributed by atoms with Crippen molar-refractivity contribution < 1.29 is 9.84 Å². The van der Waals surface area contributed by atoms with Crippen LogP contribution < -0.4 is 0 Å². The van der Waals surface area contributed by atoms with Gasteiger partial charge in [0.2, 0.25) is 0 Å². The number of rotatable bonds is 32. The third-order valence-corrected chi connectivity index (χ3v) is 7.58. The first kappa shape index (κ1) is 34.9. The van der Waals surface area contributed by atoms with Crippen LogP contribution in [0.3, 0.4) is 0 Å². The highest BCUT2D eigenvalue weighted by Gasteiger charge is 1.97. The lowest BCUT2D eigenvalue weighted by molar-refractivity contribution is 0.125. The van der Waals surface area contributed by atoms with Gasteiger partial charge in [-0.05, 0) is 19.3 Å². The monoisotopic (exact) mass is 496 g/mol. The van der Waals surface area contributed by atoms with E-state index in [0.29, 0.717) is 0 Å². The standard InChI is InChI=1S/C33H67O2/c1-2-3-4-5-6-7-8-9-14-17-20-23-26-29-32-35-33-30-27-24-21-18-15-12-10-11-13-16-19-22-25-28-31-34/h2-33H2,1H3. The Balaban J connectivity index is 3.00. The minimum atomic E-state index is 0.118. The van der Waals surface area contributed by atoms with Gasteiger partial charge in [0.1, 0.15) is 0 Å². The third kappa shape index (κ3) is 33.9. The Labute approximate surface area is 222 Å². The molecule has 0 N–H and O–H groups in total. The molecular weight excluding hydrogens is 428 g/mol. The smallest absolute Gasteiger partial charge is 0.0822 e. The van der Waals surface area contributed by atoms with Gasteiger partial charge < -0.3 is 4.74 Å². The summed E-state index contributed by atoms with van der Waals surface area (Å²) in [5.41, 5.74) is 0. The first-order chi connectivity index (χ1) is 17.4. The fourth-order valence-corrected chi connectivity index (χ4v) is 5.11. The van der Waals surface area contributed by atoms with Gasteiger partial charge in [-0.15, -0.1) is 0 Å². The first-order valence-electron chi connectivity index (χ1n) is 16.6. The van der Waals surface area contributed by atoms with Gasteiger partial charge in [-0.1, -0.05) is 174 Å². The molecule has 0 aliphatic rings. The summed E-state index contributed by atoms with van der Waals surface area (Å²) < 4.78 is 5.85. The highest BCUT2D eigenvalue weighted by molar-refractivity contribution is 4.51. The van der Waals surface area contributed by atoms with Crippen molar-refractivity contribution in [2.24, 2.45) is 0 Å². The Bertz CT molecular complexity index is 312. The van der Waals surface area contributed by atoms with Crippen LogP contribution in [0.1, 0.15) is 193 Å². The van der Waals surface area contributed by atoms with Gasteiger partial charge in [0.05, 0.1) is 6.61 Å². The summed E-state index contributed by atoms with van der Waals surface area (Å²) >= 11 is 0. The summed E-state index contributed by atoms with van der Waals surface area (Å²) in [4.78, 5) is 0. The molecule has 0 aliphatic carbocycles. The van der Waals surface area contributed by atoms with Crippen LogP contribution in [0, 0.1) is 0 Å². The normalized spacial score (nSPS) is 11.5. The predicted octanol–water partition coefficient (Wildman–Crippen LogP) is 11.8. The maximum atomic E-state index is 10.4. The van der Waals surface area contributed by atoms with Crippen molar-refractivity contribution in [1.82, 2.24) is 0 Å². The average Bonchev–Trinajstić information content (AvgIpc) is 2.87. The minimum absolute atomic E-state index is 0.118. The van der Waals surface area contributed by atoms with E-state index >= 15 is 0 Å². The van der Waals surface area contributed by atoms with E-state index in [0.717, 1.165) is 26.1 Å². The van der Waals surface area contributed by atoms with E-state index in [-0.39, 0.29) is 6.61 Å². The van der Waals surface area contributed by atoms with E-state index in [9.17, 15) is 5.11 Å². The molecule has 0 aromatic carbocycles. The maximum Gasteiger partial charge on any atom is 0.0822 e. The number of hydrogen-bond acceptors (Lipinski definition) is 1. The van der Waals surface area contributed by atoms with Gasteiger partial charge in [-0.3, -0.25) is 0 Å². The van der Waals surface area contributed by atoms with Crippen molar-refractivity contribution in [2.45, 2.75) is 193 Å². The second-order valence-corrected chi connectivity index (χ2v) is 11.2. The Morgan fingerprint density at radius 2 is 0.543 bits per heavy atom. The largest absolute Gasteiger partial charge is 0.381 e. The SMILES string of the molecule is CCCCCCCCCCCCCCCCOCCCCCCCCCCCCCCCCC[O]. The van der Waals surface area contributed by atoms with Gasteiger partial charge in [-0.2, -0.15) is 0 Å². The second-order valence-electron chi connectivity index (χ2n) is 11.2. The minimum Gasteiger partial charge on any atom is -0.381 e. The Morgan fingerprint density at radius 1 is 0.314 bits per heavy atom. The van der Waals surface area contributed by atoms with Crippen molar-refractivity contribution in [2.75, 3.05) is 19.8 Å². The Morgan fingerprint density at radius 3 is 0.800 bits per heavy atom. The summed E-state index contributed by atoms with van der Waals surface area (Å²) in [6.45, 7) is 4.38. The molecule has 2 heteroatoms. The predicted molar refractivity (Wildman–Crippen MR) is 156 cm³/mol. The van der Waals surface area contributed by atoms with Gasteiger partial charge in [0, 0.05) is 13.2 Å². The molecule has 2 nitrogen and oxygen atoms in total. The van der Waals surface area contributed by atoms with Gasteiger partial charge in [-0.25, -0.2) is 5.11 Å². The summed E-state index contributed by atoms with van der Waals surface area (Å²) in [6.07, 6.45) is 39.9. The highest BCUT2D eigenvalue weighted by Crippen LogP contribution is 2.14. The van der Waals surface area contributed by atoms with Gasteiger partial charge in [0.15, 0.2) is 0 Å². The molecular formula is C33H67O2. The molecule has 0 atom stereocenters. The highest BCUT2D eigenvalue weighted by atomic mass is 16.5. The molecule has 0 saturated heterocycles. The van der Waals surface area contributed by atoms with E-state index < -0.39 is 0 Å². The molecule has 0 bridgehead atoms. The first-order valence-corrected chi connectivity index (χ1v) is 16.6. The number of hydrogen-bond donors (Lipinski definition) is 0. The van der Waals surface area contributed by atoms with Gasteiger partial charge >= 0.3 is 0 Å². The van der Waals surface area contributed by atoms with E-state index in [1.165, 1.54) is 173 Å². The van der Waals surface area contributed by atoms with E-state index in [2.05, 4.69) is 6.92 Å². The second kappa shape index (κ2) is 33.9. The number of unbranched alkanes of at least 4 members (excludes halogenated alkanes) is 27. The molecule has 0 amide bonds. The molecule has 35 heavy (non-hydrogen) atoms. The molecule has 0 rings (SSSR count). The Kier molecular flexibility index (Phi) is 33.8. The van der Waals surface area contributed by atoms with Gasteiger partial charge in [0.25, 0.3) is 0 Å². The zero-order chi connectivity index (χ0) is 25.3. The molecule has 0 fully saturated rings. The van der Waals surface area contributed by atoms with Crippen LogP contribution in [-0.4, -0.2) is 19.8 Å². The van der Waals surface area contributed by atoms with Crippen molar-refractivity contribution in [3.8, 4) is 0 Å². The maximum absolute atomic E-state index is 10.4. The molecule has 211 valence electrons. The summed E-state index contributed by atoms with van der Waals surface area (Å²) in [5, 5.41) is 10.4. The number of ether oxygens (including phenoxy) is 1. The summed E-state index contributed by atoms with van der Waals surface area (Å²) in [6, 6.07) is 0. The van der Waals surface area contributed by atoms with Crippen LogP contribution in [0.2, 0.25) is 0 Å². The topological polar surface area (TPSA) is 29.1 Å². The summed E-state index contributed by atoms with van der Waals surface area (Å²) in [5.74, 6) is 0. The van der Waals surface area contributed by atoms with Crippen LogP contribution >= 0.6 is 0 Å². The lowest BCUT2D eigenvalue weighted by atomic mass is 10.0. The zero-order valence-electron chi connectivity index (χ0n) is 24.4. The molecule has 0 unspecified atom stereocenters. The molecule has 1 radical (unpaired) electrons. The average molecular weight is 496 g/mol. The van der Waals surface area contributed by atoms with Crippen molar-refractivity contribution in [3.63, 3.8) is 0 Å². The van der Waals surface area contributed by atoms with Crippen LogP contribution in [0.5, 0.6) is 0 Å². The third-order valence-electron chi connectivity index (χ3n) is 7.58. The van der Waals surface area contributed by atoms with Crippen LogP contribution in [0.15, 0.2) is 0 Å². The van der Waals surface area contributed by atoms with Crippen molar-refractivity contribution >= 4 is 0 Å². The quantitative estimate of drug-likeness (QED) is 0.0853. The van der Waals surface area contributed by atoms with Crippen molar-refractivity contribution in [1.29, 1.82) is 0 Å². The van der Waals surface area contributed by atoms with Crippen LogP contribution in [0.25, 0.3) is 0 Å². The zero-order valence-corrected chi connectivity index (χ0v) is 24.4. The molecule has 0 aromatic heterocycles. The molecule has 0 spiro atoms. The molecule has 0 aromatic rings. The lowest BCUT2D eigenvalue weighted by Crippen LogP contribution is -1.97. The lowest BCUT2D eigenvalue weighted by Gasteiger charge is -2.05. The van der Waals surface area contributed by atoms with E-state index in [1.807, 2.05) is 0 Å². The van der Waals surface area contributed by atoms with Crippen LogP contribution in [-0.2, 0) is 9.84 Å². The van der Waals surface area contributed by atoms with E-state index in [1.54, 1.807) is 0 Å². The fourth-order valence-electron chi connectivity index (χ4n) is 5.11. The Hall–Kier alpha value is -0.0800. The van der Waals surface area contributed by atoms with Crippen molar-refractivity contribution in [3.05, 3.63) is 0 Å². The van der Waals surface area contributed by atoms with E-state index in [4.69, 9.17) is 4.74 Å². The fraction of sp³-hybridized carbons (Fsp3) is 1.00. The summed E-state index contributed by atoms with van der Waals surface area (Å²) in [7, 11) is 0. The molecule has 0 saturated carbocycles. The molecule has 0 aliphatic heterocycles. The van der Waals surface area contributed by atoms with Crippen LogP contribution in [0.4, 0.5) is 0 Å². The molecule has 0 heterocycles.